The zero-order valence-corrected chi connectivity index (χ0v) is 16.5. The summed E-state index contributed by atoms with van der Waals surface area (Å²) in [6.07, 6.45) is 6.06. The SMILES string of the molecule is O=C1CC[C@H](N2Cc3cc(O[C@H]4CNC[C@@H]4C4CCCC4)ccc3C2=O)C(=O)N1. The number of carbonyl (C=O) groups is 3. The Kier molecular flexibility index (Phi) is 4.78. The molecule has 3 aliphatic heterocycles. The number of piperidine rings is 1. The van der Waals surface area contributed by atoms with Crippen molar-refractivity contribution >= 4 is 17.7 Å². The van der Waals surface area contributed by atoms with Gasteiger partial charge < -0.3 is 15.0 Å². The number of benzene rings is 1. The molecule has 7 nitrogen and oxygen atoms in total. The minimum atomic E-state index is -0.581. The predicted octanol–water partition coefficient (Wildman–Crippen LogP) is 1.60. The minimum Gasteiger partial charge on any atom is -0.489 e. The summed E-state index contributed by atoms with van der Waals surface area (Å²) in [5, 5.41) is 5.82. The van der Waals surface area contributed by atoms with Gasteiger partial charge in [0, 0.05) is 37.5 Å². The standard InChI is InChI=1S/C22H27N3O4/c26-20-8-7-18(21(27)24-20)25-12-14-9-15(5-6-16(14)22(25)28)29-19-11-23-10-17(19)13-3-1-2-4-13/h5-6,9,13,17-19,23H,1-4,7-8,10-12H2,(H,24,26,27)/t17-,18+,19+/m1/s1. The van der Waals surface area contributed by atoms with Gasteiger partial charge in [-0.2, -0.15) is 0 Å². The van der Waals surface area contributed by atoms with Gasteiger partial charge in [0.1, 0.15) is 17.9 Å². The van der Waals surface area contributed by atoms with Crippen molar-refractivity contribution in [2.45, 2.75) is 57.2 Å². The van der Waals surface area contributed by atoms with E-state index in [1.54, 1.807) is 4.90 Å². The highest BCUT2D eigenvalue weighted by molar-refractivity contribution is 6.05. The molecule has 1 aliphatic carbocycles. The van der Waals surface area contributed by atoms with Crippen LogP contribution < -0.4 is 15.4 Å². The number of fused-ring (bicyclic) bond motifs is 1. The first-order chi connectivity index (χ1) is 14.1. The van der Waals surface area contributed by atoms with Gasteiger partial charge in [0.2, 0.25) is 11.8 Å². The molecule has 3 atom stereocenters. The lowest BCUT2D eigenvalue weighted by atomic mass is 9.88. The Hall–Kier alpha value is -2.41. The zero-order chi connectivity index (χ0) is 20.0. The molecule has 1 aromatic rings. The molecule has 4 aliphatic rings. The summed E-state index contributed by atoms with van der Waals surface area (Å²) >= 11 is 0. The Labute approximate surface area is 170 Å². The third kappa shape index (κ3) is 3.41. The van der Waals surface area contributed by atoms with Gasteiger partial charge in [-0.25, -0.2) is 0 Å². The van der Waals surface area contributed by atoms with E-state index in [0.29, 0.717) is 24.4 Å². The Morgan fingerprint density at radius 3 is 2.66 bits per heavy atom. The van der Waals surface area contributed by atoms with Crippen LogP contribution in [0.3, 0.4) is 0 Å². The molecule has 1 aromatic carbocycles. The van der Waals surface area contributed by atoms with Crippen molar-refractivity contribution in [1.29, 1.82) is 0 Å². The van der Waals surface area contributed by atoms with Crippen molar-refractivity contribution in [3.8, 4) is 5.75 Å². The second kappa shape index (κ2) is 7.44. The first-order valence-corrected chi connectivity index (χ1v) is 10.7. The van der Waals surface area contributed by atoms with Crippen molar-refractivity contribution in [2.75, 3.05) is 13.1 Å². The molecule has 0 radical (unpaired) electrons. The highest BCUT2D eigenvalue weighted by Crippen LogP contribution is 2.36. The van der Waals surface area contributed by atoms with Crippen LogP contribution in [0.25, 0.3) is 0 Å². The first-order valence-electron chi connectivity index (χ1n) is 10.7. The Morgan fingerprint density at radius 1 is 1.03 bits per heavy atom. The van der Waals surface area contributed by atoms with Crippen LogP contribution in [0, 0.1) is 11.8 Å². The maximum absolute atomic E-state index is 12.8. The zero-order valence-electron chi connectivity index (χ0n) is 16.5. The van der Waals surface area contributed by atoms with Crippen LogP contribution >= 0.6 is 0 Å². The Balaban J connectivity index is 1.30. The molecular formula is C22H27N3O4. The summed E-state index contributed by atoms with van der Waals surface area (Å²) in [6, 6.07) is 5.05. The quantitative estimate of drug-likeness (QED) is 0.754. The van der Waals surface area contributed by atoms with E-state index < -0.39 is 6.04 Å². The summed E-state index contributed by atoms with van der Waals surface area (Å²) < 4.78 is 6.36. The predicted molar refractivity (Wildman–Crippen MR) is 105 cm³/mol. The molecule has 0 spiro atoms. The van der Waals surface area contributed by atoms with Gasteiger partial charge in [-0.15, -0.1) is 0 Å². The van der Waals surface area contributed by atoms with Gasteiger partial charge in [-0.1, -0.05) is 12.8 Å². The van der Waals surface area contributed by atoms with Crippen LogP contribution in [0.4, 0.5) is 0 Å². The molecule has 3 heterocycles. The lowest BCUT2D eigenvalue weighted by Gasteiger charge is -2.29. The Morgan fingerprint density at radius 2 is 1.86 bits per heavy atom. The monoisotopic (exact) mass is 397 g/mol. The van der Waals surface area contributed by atoms with Gasteiger partial charge in [0.05, 0.1) is 0 Å². The van der Waals surface area contributed by atoms with Crippen molar-refractivity contribution in [3.05, 3.63) is 29.3 Å². The van der Waals surface area contributed by atoms with Gasteiger partial charge in [-0.3, -0.25) is 19.7 Å². The number of nitrogens with zero attached hydrogens (tertiary/aromatic N) is 1. The number of imide groups is 1. The van der Waals surface area contributed by atoms with Crippen molar-refractivity contribution in [1.82, 2.24) is 15.5 Å². The van der Waals surface area contributed by atoms with Crippen molar-refractivity contribution < 1.29 is 19.1 Å². The summed E-state index contributed by atoms with van der Waals surface area (Å²) in [4.78, 5) is 38.0. The second-order valence-corrected chi connectivity index (χ2v) is 8.74. The normalized spacial score (nSPS) is 30.0. The van der Waals surface area contributed by atoms with Crippen LogP contribution in [0.2, 0.25) is 0 Å². The summed E-state index contributed by atoms with van der Waals surface area (Å²) in [5.41, 5.74) is 1.51. The maximum Gasteiger partial charge on any atom is 0.255 e. The van der Waals surface area contributed by atoms with Crippen LogP contribution in [-0.4, -0.2) is 47.9 Å². The highest BCUT2D eigenvalue weighted by Gasteiger charge is 2.40. The lowest BCUT2D eigenvalue weighted by Crippen LogP contribution is -2.52. The van der Waals surface area contributed by atoms with E-state index in [1.165, 1.54) is 25.7 Å². The number of rotatable bonds is 4. The van der Waals surface area contributed by atoms with Crippen LogP contribution in [0.5, 0.6) is 5.75 Å². The summed E-state index contributed by atoms with van der Waals surface area (Å²) in [6.45, 7) is 2.26. The van der Waals surface area contributed by atoms with E-state index in [0.717, 1.165) is 30.3 Å². The highest BCUT2D eigenvalue weighted by atomic mass is 16.5. The van der Waals surface area contributed by atoms with E-state index in [1.807, 2.05) is 18.2 Å². The lowest BCUT2D eigenvalue weighted by molar-refractivity contribution is -0.136. The number of nitrogens with one attached hydrogen (secondary N) is 2. The summed E-state index contributed by atoms with van der Waals surface area (Å²) in [7, 11) is 0. The average molecular weight is 397 g/mol. The fourth-order valence-electron chi connectivity index (χ4n) is 5.46. The van der Waals surface area contributed by atoms with E-state index in [9.17, 15) is 14.4 Å². The second-order valence-electron chi connectivity index (χ2n) is 8.74. The largest absolute Gasteiger partial charge is 0.489 e. The van der Waals surface area contributed by atoms with E-state index in [2.05, 4.69) is 10.6 Å². The van der Waals surface area contributed by atoms with Crippen molar-refractivity contribution in [2.24, 2.45) is 11.8 Å². The average Bonchev–Trinajstić information content (AvgIpc) is 3.43. The number of hydrogen-bond acceptors (Lipinski definition) is 5. The fraction of sp³-hybridized carbons (Fsp3) is 0.591. The molecule has 1 saturated carbocycles. The third-order valence-electron chi connectivity index (χ3n) is 6.99. The van der Waals surface area contributed by atoms with Gasteiger partial charge in [0.15, 0.2) is 0 Å². The van der Waals surface area contributed by atoms with Gasteiger partial charge >= 0.3 is 0 Å². The van der Waals surface area contributed by atoms with Gasteiger partial charge in [0.25, 0.3) is 5.91 Å². The third-order valence-corrected chi connectivity index (χ3v) is 6.99. The smallest absolute Gasteiger partial charge is 0.255 e. The van der Waals surface area contributed by atoms with Crippen molar-refractivity contribution in [3.63, 3.8) is 0 Å². The molecule has 2 saturated heterocycles. The molecule has 5 rings (SSSR count). The molecule has 7 heteroatoms. The number of ether oxygens (including phenoxy) is 1. The van der Waals surface area contributed by atoms with Gasteiger partial charge in [-0.05, 0) is 48.9 Å². The van der Waals surface area contributed by atoms with Crippen LogP contribution in [0.1, 0.15) is 54.4 Å². The molecule has 29 heavy (non-hydrogen) atoms. The number of hydrogen-bond donors (Lipinski definition) is 2. The topological polar surface area (TPSA) is 87.7 Å². The van der Waals surface area contributed by atoms with E-state index in [-0.39, 0.29) is 30.2 Å². The molecular weight excluding hydrogens is 370 g/mol. The first kappa shape index (κ1) is 18.6. The molecule has 0 aromatic heterocycles. The number of amides is 3. The molecule has 3 amide bonds. The minimum absolute atomic E-state index is 0.146. The molecule has 0 bridgehead atoms. The molecule has 154 valence electrons. The van der Waals surface area contributed by atoms with E-state index in [4.69, 9.17) is 4.74 Å². The molecule has 0 unspecified atom stereocenters. The Bertz CT molecular complexity index is 848. The fourth-order valence-corrected chi connectivity index (χ4v) is 5.46. The number of carbonyl (C=O) groups excluding carboxylic acids is 3. The molecule has 3 fully saturated rings. The van der Waals surface area contributed by atoms with Crippen LogP contribution in [-0.2, 0) is 16.1 Å². The summed E-state index contributed by atoms with van der Waals surface area (Å²) in [5.74, 6) is 1.29. The van der Waals surface area contributed by atoms with Crippen LogP contribution in [0.15, 0.2) is 18.2 Å². The maximum atomic E-state index is 12.8. The van der Waals surface area contributed by atoms with E-state index >= 15 is 0 Å². The molecule has 2 N–H and O–H groups in total.